The molecule has 104 valence electrons. The maximum atomic E-state index is 12.2. The SMILES string of the molecule is CCN1CCCCC1C(=O)NCC1(O)CCSC1. The quantitative estimate of drug-likeness (QED) is 0.796. The van der Waals surface area contributed by atoms with E-state index in [-0.39, 0.29) is 11.9 Å². The van der Waals surface area contributed by atoms with Crippen LogP contribution in [0, 0.1) is 0 Å². The fourth-order valence-electron chi connectivity index (χ4n) is 2.77. The summed E-state index contributed by atoms with van der Waals surface area (Å²) in [5.41, 5.74) is -0.675. The van der Waals surface area contributed by atoms with Crippen molar-refractivity contribution in [1.29, 1.82) is 0 Å². The first-order chi connectivity index (χ1) is 8.64. The van der Waals surface area contributed by atoms with Crippen LogP contribution in [0.2, 0.25) is 0 Å². The van der Waals surface area contributed by atoms with E-state index in [1.165, 1.54) is 6.42 Å². The van der Waals surface area contributed by atoms with E-state index in [1.807, 2.05) is 0 Å². The van der Waals surface area contributed by atoms with Crippen LogP contribution in [0.15, 0.2) is 0 Å². The summed E-state index contributed by atoms with van der Waals surface area (Å²) < 4.78 is 0. The van der Waals surface area contributed by atoms with Crippen LogP contribution in [0.4, 0.5) is 0 Å². The number of aliphatic hydroxyl groups is 1. The average Bonchev–Trinajstić information content (AvgIpc) is 2.83. The predicted molar refractivity (Wildman–Crippen MR) is 74.8 cm³/mol. The molecule has 0 bridgehead atoms. The molecular weight excluding hydrogens is 248 g/mol. The Bertz CT molecular complexity index is 293. The van der Waals surface area contributed by atoms with Crippen molar-refractivity contribution in [2.45, 2.75) is 44.2 Å². The zero-order chi connectivity index (χ0) is 13.0. The molecule has 2 N–H and O–H groups in total. The first-order valence-corrected chi connectivity index (χ1v) is 8.12. The largest absolute Gasteiger partial charge is 0.387 e. The number of nitrogens with zero attached hydrogens (tertiary/aromatic N) is 1. The highest BCUT2D eigenvalue weighted by Crippen LogP contribution is 2.27. The number of piperidine rings is 1. The third kappa shape index (κ3) is 3.39. The number of hydrogen-bond acceptors (Lipinski definition) is 4. The van der Waals surface area contributed by atoms with Crippen molar-refractivity contribution in [3.8, 4) is 0 Å². The zero-order valence-corrected chi connectivity index (χ0v) is 12.0. The van der Waals surface area contributed by atoms with E-state index in [0.29, 0.717) is 6.54 Å². The van der Waals surface area contributed by atoms with Gasteiger partial charge >= 0.3 is 0 Å². The molecule has 18 heavy (non-hydrogen) atoms. The molecule has 2 heterocycles. The molecule has 4 nitrogen and oxygen atoms in total. The standard InChI is InChI=1S/C13H24N2O2S/c1-2-15-7-4-3-5-11(15)12(16)14-9-13(17)6-8-18-10-13/h11,17H,2-10H2,1H3,(H,14,16). The number of amides is 1. The van der Waals surface area contributed by atoms with Gasteiger partial charge in [-0.3, -0.25) is 9.69 Å². The number of carbonyl (C=O) groups excluding carboxylic acids is 1. The van der Waals surface area contributed by atoms with Crippen molar-refractivity contribution in [1.82, 2.24) is 10.2 Å². The van der Waals surface area contributed by atoms with Crippen LogP contribution in [-0.4, -0.2) is 58.7 Å². The summed E-state index contributed by atoms with van der Waals surface area (Å²) in [5.74, 6) is 1.84. The van der Waals surface area contributed by atoms with Crippen LogP contribution in [-0.2, 0) is 4.79 Å². The van der Waals surface area contributed by atoms with E-state index in [2.05, 4.69) is 17.1 Å². The highest BCUT2D eigenvalue weighted by atomic mass is 32.2. The Labute approximate surface area is 113 Å². The normalized spacial score (nSPS) is 33.6. The molecule has 2 saturated heterocycles. The number of likely N-dealkylation sites (N-methyl/N-ethyl adjacent to an activating group) is 1. The molecule has 5 heteroatoms. The van der Waals surface area contributed by atoms with Gasteiger partial charge in [0.25, 0.3) is 0 Å². The van der Waals surface area contributed by atoms with Gasteiger partial charge in [0.1, 0.15) is 0 Å². The lowest BCUT2D eigenvalue weighted by molar-refractivity contribution is -0.128. The Morgan fingerprint density at radius 2 is 2.39 bits per heavy atom. The molecule has 0 aliphatic carbocycles. The van der Waals surface area contributed by atoms with Gasteiger partial charge in [-0.1, -0.05) is 13.3 Å². The Hall–Kier alpha value is -0.260. The molecule has 0 saturated carbocycles. The Morgan fingerprint density at radius 3 is 3.06 bits per heavy atom. The second kappa shape index (κ2) is 6.26. The maximum absolute atomic E-state index is 12.2. The van der Waals surface area contributed by atoms with Gasteiger partial charge in [0, 0.05) is 12.3 Å². The molecule has 0 radical (unpaired) electrons. The first kappa shape index (κ1) is 14.2. The lowest BCUT2D eigenvalue weighted by atomic mass is 10.00. The minimum atomic E-state index is -0.675. The summed E-state index contributed by atoms with van der Waals surface area (Å²) in [4.78, 5) is 14.4. The van der Waals surface area contributed by atoms with Gasteiger partial charge in [-0.2, -0.15) is 11.8 Å². The monoisotopic (exact) mass is 272 g/mol. The van der Waals surface area contributed by atoms with E-state index in [4.69, 9.17) is 0 Å². The van der Waals surface area contributed by atoms with E-state index >= 15 is 0 Å². The highest BCUT2D eigenvalue weighted by molar-refractivity contribution is 7.99. The van der Waals surface area contributed by atoms with Crippen LogP contribution in [0.5, 0.6) is 0 Å². The second-order valence-electron chi connectivity index (χ2n) is 5.38. The maximum Gasteiger partial charge on any atom is 0.237 e. The van der Waals surface area contributed by atoms with Crippen molar-refractivity contribution >= 4 is 17.7 Å². The molecule has 2 fully saturated rings. The fourth-order valence-corrected chi connectivity index (χ4v) is 4.07. The van der Waals surface area contributed by atoms with Gasteiger partial charge in [-0.15, -0.1) is 0 Å². The third-order valence-electron chi connectivity index (χ3n) is 4.00. The minimum absolute atomic E-state index is 0.0152. The Morgan fingerprint density at radius 1 is 1.56 bits per heavy atom. The van der Waals surface area contributed by atoms with E-state index in [0.717, 1.165) is 43.9 Å². The lowest BCUT2D eigenvalue weighted by Gasteiger charge is -2.34. The average molecular weight is 272 g/mol. The van der Waals surface area contributed by atoms with E-state index in [1.54, 1.807) is 11.8 Å². The first-order valence-electron chi connectivity index (χ1n) is 6.96. The molecule has 1 amide bonds. The zero-order valence-electron chi connectivity index (χ0n) is 11.2. The molecule has 0 aromatic carbocycles. The molecule has 2 rings (SSSR count). The minimum Gasteiger partial charge on any atom is -0.387 e. The Kier molecular flexibility index (Phi) is 4.92. The molecule has 0 aromatic rings. The van der Waals surface area contributed by atoms with Crippen molar-refractivity contribution in [3.05, 3.63) is 0 Å². The van der Waals surface area contributed by atoms with Gasteiger partial charge in [-0.25, -0.2) is 0 Å². The topological polar surface area (TPSA) is 52.6 Å². The smallest absolute Gasteiger partial charge is 0.237 e. The summed E-state index contributed by atoms with van der Waals surface area (Å²) >= 11 is 1.76. The van der Waals surface area contributed by atoms with Gasteiger partial charge in [0.15, 0.2) is 0 Å². The van der Waals surface area contributed by atoms with Crippen molar-refractivity contribution in [2.75, 3.05) is 31.1 Å². The second-order valence-corrected chi connectivity index (χ2v) is 6.49. The van der Waals surface area contributed by atoms with Crippen molar-refractivity contribution in [2.24, 2.45) is 0 Å². The Balaban J connectivity index is 1.82. The summed E-state index contributed by atoms with van der Waals surface area (Å²) in [6.07, 6.45) is 4.07. The number of thioether (sulfide) groups is 1. The highest BCUT2D eigenvalue weighted by Gasteiger charge is 2.34. The van der Waals surface area contributed by atoms with Crippen LogP contribution < -0.4 is 5.32 Å². The van der Waals surface area contributed by atoms with Crippen LogP contribution >= 0.6 is 11.8 Å². The fraction of sp³-hybridized carbons (Fsp3) is 0.923. The number of carbonyl (C=O) groups is 1. The number of nitrogens with one attached hydrogen (secondary N) is 1. The number of hydrogen-bond donors (Lipinski definition) is 2. The molecule has 2 unspecified atom stereocenters. The molecule has 2 aliphatic heterocycles. The van der Waals surface area contributed by atoms with Crippen LogP contribution in [0.3, 0.4) is 0 Å². The van der Waals surface area contributed by atoms with Gasteiger partial charge in [0.2, 0.25) is 5.91 Å². The van der Waals surface area contributed by atoms with Gasteiger partial charge in [0.05, 0.1) is 11.6 Å². The number of rotatable bonds is 4. The number of likely N-dealkylation sites (tertiary alicyclic amines) is 1. The van der Waals surface area contributed by atoms with Crippen LogP contribution in [0.25, 0.3) is 0 Å². The molecule has 0 spiro atoms. The third-order valence-corrected chi connectivity index (χ3v) is 5.23. The molecular formula is C13H24N2O2S. The van der Waals surface area contributed by atoms with E-state index in [9.17, 15) is 9.90 Å². The summed E-state index contributed by atoms with van der Waals surface area (Å²) in [6, 6.07) is 0.0152. The van der Waals surface area contributed by atoms with Gasteiger partial charge in [-0.05, 0) is 38.1 Å². The predicted octanol–water partition coefficient (Wildman–Crippen LogP) is 0.845. The van der Waals surface area contributed by atoms with Crippen molar-refractivity contribution < 1.29 is 9.90 Å². The summed E-state index contributed by atoms with van der Waals surface area (Å²) in [5, 5.41) is 13.2. The summed E-state index contributed by atoms with van der Waals surface area (Å²) in [6.45, 7) is 4.46. The van der Waals surface area contributed by atoms with E-state index < -0.39 is 5.60 Å². The van der Waals surface area contributed by atoms with Crippen LogP contribution in [0.1, 0.15) is 32.6 Å². The molecule has 2 atom stereocenters. The molecule has 0 aromatic heterocycles. The molecule has 2 aliphatic rings. The summed E-state index contributed by atoms with van der Waals surface area (Å²) in [7, 11) is 0. The van der Waals surface area contributed by atoms with Gasteiger partial charge < -0.3 is 10.4 Å². The lowest BCUT2D eigenvalue weighted by Crippen LogP contribution is -2.52. The van der Waals surface area contributed by atoms with Crippen molar-refractivity contribution in [3.63, 3.8) is 0 Å².